The van der Waals surface area contributed by atoms with Crippen LogP contribution in [0.1, 0.15) is 22.4 Å². The van der Waals surface area contributed by atoms with Crippen LogP contribution in [0.25, 0.3) is 23.1 Å². The van der Waals surface area contributed by atoms with Crippen molar-refractivity contribution in [3.05, 3.63) is 102 Å². The third-order valence-corrected chi connectivity index (χ3v) is 6.06. The van der Waals surface area contributed by atoms with Crippen LogP contribution < -0.4 is 19.5 Å². The highest BCUT2D eigenvalue weighted by molar-refractivity contribution is 6.17. The first-order valence-corrected chi connectivity index (χ1v) is 11.9. The molecule has 0 bridgehead atoms. The number of benzene rings is 3. The molecule has 2 heterocycles. The number of carbonyl (C=O) groups is 1. The van der Waals surface area contributed by atoms with Gasteiger partial charge in [-0.1, -0.05) is 43.0 Å². The zero-order valence-corrected chi connectivity index (χ0v) is 20.5. The molecule has 186 valence electrons. The van der Waals surface area contributed by atoms with Crippen molar-refractivity contribution < 1.29 is 19.0 Å². The molecule has 0 spiro atoms. The Hall–Kier alpha value is -4.78. The first-order chi connectivity index (χ1) is 18.2. The summed E-state index contributed by atoms with van der Waals surface area (Å²) in [6.45, 7) is 5.00. The summed E-state index contributed by atoms with van der Waals surface area (Å²) in [5.41, 5.74) is 5.38. The molecule has 7 heteroatoms. The topological polar surface area (TPSA) is 84.9 Å². The van der Waals surface area contributed by atoms with Gasteiger partial charge in [0.05, 0.1) is 25.1 Å². The lowest BCUT2D eigenvalue weighted by molar-refractivity contribution is -0.116. The second-order valence-corrected chi connectivity index (χ2v) is 8.36. The van der Waals surface area contributed by atoms with E-state index in [4.69, 9.17) is 19.2 Å². The van der Waals surface area contributed by atoms with Crippen molar-refractivity contribution in [2.75, 3.05) is 27.0 Å². The molecule has 1 amide bonds. The first-order valence-electron chi connectivity index (χ1n) is 11.9. The number of amides is 1. The lowest BCUT2D eigenvalue weighted by Crippen LogP contribution is -2.24. The van der Waals surface area contributed by atoms with Crippen LogP contribution >= 0.6 is 0 Å². The second kappa shape index (κ2) is 10.9. The minimum absolute atomic E-state index is 0.187. The smallest absolute Gasteiger partial charge is 0.244 e. The molecule has 0 fully saturated rings. The van der Waals surface area contributed by atoms with Gasteiger partial charge in [-0.2, -0.15) is 0 Å². The predicted octanol–water partition coefficient (Wildman–Crippen LogP) is 5.22. The molecule has 1 aliphatic rings. The van der Waals surface area contributed by atoms with Crippen molar-refractivity contribution in [1.29, 1.82) is 0 Å². The predicted molar refractivity (Wildman–Crippen MR) is 146 cm³/mol. The molecule has 7 nitrogen and oxygen atoms in total. The van der Waals surface area contributed by atoms with Gasteiger partial charge in [0.15, 0.2) is 11.5 Å². The van der Waals surface area contributed by atoms with Crippen LogP contribution in [0.4, 0.5) is 0 Å². The van der Waals surface area contributed by atoms with E-state index in [0.717, 1.165) is 44.7 Å². The summed E-state index contributed by atoms with van der Waals surface area (Å²) in [6, 6.07) is 21.3. The molecule has 1 aromatic heterocycles. The van der Waals surface area contributed by atoms with Gasteiger partial charge in [0.1, 0.15) is 5.75 Å². The fourth-order valence-corrected chi connectivity index (χ4v) is 4.21. The van der Waals surface area contributed by atoms with Gasteiger partial charge < -0.3 is 24.5 Å². The van der Waals surface area contributed by atoms with Gasteiger partial charge in [0.25, 0.3) is 0 Å². The average Bonchev–Trinajstić information content (AvgIpc) is 3.56. The Bertz CT molecular complexity index is 1500. The summed E-state index contributed by atoms with van der Waals surface area (Å²) < 4.78 is 16.2. The fraction of sp³-hybridized carbons (Fsp3) is 0.133. The number of aromatic nitrogens is 1. The van der Waals surface area contributed by atoms with Crippen LogP contribution in [-0.2, 0) is 4.79 Å². The molecule has 0 saturated heterocycles. The highest BCUT2D eigenvalue weighted by Crippen LogP contribution is 2.34. The molecular formula is C30H27N3O4. The van der Waals surface area contributed by atoms with Crippen LogP contribution in [0.3, 0.4) is 0 Å². The van der Waals surface area contributed by atoms with E-state index in [1.807, 2.05) is 66.7 Å². The maximum absolute atomic E-state index is 12.3. The third kappa shape index (κ3) is 5.26. The Kier molecular flexibility index (Phi) is 7.03. The van der Waals surface area contributed by atoms with E-state index in [1.54, 1.807) is 13.2 Å². The van der Waals surface area contributed by atoms with Crippen molar-refractivity contribution in [3.8, 4) is 17.2 Å². The molecule has 0 aliphatic carbocycles. The van der Waals surface area contributed by atoms with E-state index in [9.17, 15) is 4.79 Å². The minimum Gasteiger partial charge on any atom is -0.497 e. The molecule has 0 radical (unpaired) electrons. The number of nitrogens with one attached hydrogen (secondary N) is 2. The van der Waals surface area contributed by atoms with Crippen molar-refractivity contribution in [2.24, 2.45) is 4.99 Å². The summed E-state index contributed by atoms with van der Waals surface area (Å²) in [5.74, 6) is 1.97. The van der Waals surface area contributed by atoms with Crippen LogP contribution in [0.15, 0.2) is 84.4 Å². The number of hydrogen-bond acceptors (Lipinski definition) is 5. The molecule has 0 atom stereocenters. The average molecular weight is 494 g/mol. The van der Waals surface area contributed by atoms with E-state index in [-0.39, 0.29) is 12.7 Å². The van der Waals surface area contributed by atoms with Gasteiger partial charge in [-0.3, -0.25) is 9.79 Å². The number of aliphatic imine (C=N–C) groups is 1. The molecule has 1 aliphatic heterocycles. The summed E-state index contributed by atoms with van der Waals surface area (Å²) in [5, 5.41) is 3.97. The number of ether oxygens (including phenoxy) is 3. The second-order valence-electron chi connectivity index (χ2n) is 8.36. The fourth-order valence-electron chi connectivity index (χ4n) is 4.21. The summed E-state index contributed by atoms with van der Waals surface area (Å²) in [4.78, 5) is 20.7. The van der Waals surface area contributed by atoms with E-state index in [0.29, 0.717) is 24.6 Å². The number of H-pyrrole nitrogens is 1. The Balaban J connectivity index is 1.35. The van der Waals surface area contributed by atoms with Gasteiger partial charge in [-0.15, -0.1) is 0 Å². The zero-order valence-electron chi connectivity index (χ0n) is 20.5. The largest absolute Gasteiger partial charge is 0.497 e. The van der Waals surface area contributed by atoms with Crippen molar-refractivity contribution >= 4 is 34.7 Å². The summed E-state index contributed by atoms with van der Waals surface area (Å²) in [7, 11) is 1.62. The maximum Gasteiger partial charge on any atom is 0.244 e. The van der Waals surface area contributed by atoms with Crippen molar-refractivity contribution in [1.82, 2.24) is 10.3 Å². The Morgan fingerprint density at radius 3 is 2.73 bits per heavy atom. The molecule has 37 heavy (non-hydrogen) atoms. The van der Waals surface area contributed by atoms with E-state index in [2.05, 4.69) is 22.9 Å². The molecule has 3 aromatic carbocycles. The number of nitrogens with zero attached hydrogens (tertiary/aromatic N) is 1. The van der Waals surface area contributed by atoms with Gasteiger partial charge in [0.2, 0.25) is 12.7 Å². The quantitative estimate of drug-likeness (QED) is 0.190. The third-order valence-electron chi connectivity index (χ3n) is 6.06. The SMILES string of the molecule is C=Cc1c(C(=NCCNC(=O)/C=C/c2ccc(OC)cc2)c2ccc3c(c2)OCO3)[nH]c2ccccc12. The van der Waals surface area contributed by atoms with E-state index >= 15 is 0 Å². The number of aromatic amines is 1. The number of rotatable bonds is 9. The Morgan fingerprint density at radius 1 is 1.11 bits per heavy atom. The summed E-state index contributed by atoms with van der Waals surface area (Å²) >= 11 is 0. The zero-order chi connectivity index (χ0) is 25.6. The van der Waals surface area contributed by atoms with Crippen molar-refractivity contribution in [2.45, 2.75) is 0 Å². The van der Waals surface area contributed by atoms with Gasteiger partial charge in [-0.25, -0.2) is 0 Å². The van der Waals surface area contributed by atoms with E-state index in [1.165, 1.54) is 6.08 Å². The normalized spacial score (nSPS) is 12.7. The standard InChI is InChI=1S/C30H27N3O4/c1-3-23-24-6-4-5-7-25(24)33-30(23)29(21-11-14-26-27(18-21)37-19-36-26)32-17-16-31-28(34)15-10-20-8-12-22(35-2)13-9-20/h3-15,18,33H,1,16-17,19H2,2H3,(H,31,34)/b15-10+,32-29?. The minimum atomic E-state index is -0.187. The molecule has 5 rings (SSSR count). The molecule has 4 aromatic rings. The number of fused-ring (bicyclic) bond motifs is 2. The van der Waals surface area contributed by atoms with Gasteiger partial charge >= 0.3 is 0 Å². The van der Waals surface area contributed by atoms with Gasteiger partial charge in [-0.05, 0) is 48.0 Å². The number of methoxy groups -OCH3 is 1. The Morgan fingerprint density at radius 2 is 1.92 bits per heavy atom. The highest BCUT2D eigenvalue weighted by Gasteiger charge is 2.20. The number of para-hydroxylation sites is 1. The van der Waals surface area contributed by atoms with Crippen LogP contribution in [0.2, 0.25) is 0 Å². The first kappa shape index (κ1) is 23.9. The molecule has 0 saturated carbocycles. The van der Waals surface area contributed by atoms with Crippen molar-refractivity contribution in [3.63, 3.8) is 0 Å². The summed E-state index contributed by atoms with van der Waals surface area (Å²) in [6.07, 6.45) is 5.11. The molecular weight excluding hydrogens is 466 g/mol. The van der Waals surface area contributed by atoms with Crippen LogP contribution in [0.5, 0.6) is 17.2 Å². The lowest BCUT2D eigenvalue weighted by atomic mass is 10.0. The number of carbonyl (C=O) groups excluding carboxylic acids is 1. The monoisotopic (exact) mass is 493 g/mol. The van der Waals surface area contributed by atoms with Crippen LogP contribution in [-0.4, -0.2) is 43.6 Å². The number of hydrogen-bond donors (Lipinski definition) is 2. The maximum atomic E-state index is 12.3. The van der Waals surface area contributed by atoms with E-state index < -0.39 is 0 Å². The van der Waals surface area contributed by atoms with Gasteiger partial charge in [0, 0.05) is 34.7 Å². The molecule has 2 N–H and O–H groups in total. The Labute approximate surface area is 215 Å². The van der Waals surface area contributed by atoms with Crippen LogP contribution in [0, 0.1) is 0 Å². The molecule has 0 unspecified atom stereocenters. The lowest BCUT2D eigenvalue weighted by Gasteiger charge is -2.09. The highest BCUT2D eigenvalue weighted by atomic mass is 16.7.